The molecule has 0 radical (unpaired) electrons. The molecule has 9 nitrogen and oxygen atoms in total. The number of halogens is 1. The Morgan fingerprint density at radius 2 is 2.17 bits per heavy atom. The number of carbonyl (C=O) groups is 1. The highest BCUT2D eigenvalue weighted by atomic mass is 32.2. The number of sulfone groups is 1. The van der Waals surface area contributed by atoms with Crippen LogP contribution in [0.2, 0.25) is 0 Å². The molecule has 2 heterocycles. The van der Waals surface area contributed by atoms with Crippen molar-refractivity contribution in [2.45, 2.75) is 51.2 Å². The van der Waals surface area contributed by atoms with Gasteiger partial charge in [-0.05, 0) is 32.6 Å². The highest BCUT2D eigenvalue weighted by molar-refractivity contribution is 7.90. The average Bonchev–Trinajstić information content (AvgIpc) is 3.39. The van der Waals surface area contributed by atoms with Crippen molar-refractivity contribution in [2.24, 2.45) is 0 Å². The smallest absolute Gasteiger partial charge is 0.270 e. The maximum atomic E-state index is 12.9. The predicted molar refractivity (Wildman–Crippen MR) is 106 cm³/mol. The summed E-state index contributed by atoms with van der Waals surface area (Å²) in [4.78, 5) is 21.2. The Morgan fingerprint density at radius 3 is 2.70 bits per heavy atom. The van der Waals surface area contributed by atoms with Crippen LogP contribution in [0.4, 0.5) is 4.39 Å². The van der Waals surface area contributed by atoms with E-state index in [-0.39, 0.29) is 23.3 Å². The number of ether oxygens (including phenoxy) is 1. The second kappa shape index (κ2) is 8.29. The van der Waals surface area contributed by atoms with Gasteiger partial charge >= 0.3 is 0 Å². The van der Waals surface area contributed by atoms with Crippen molar-refractivity contribution in [3.05, 3.63) is 35.2 Å². The molecule has 0 aliphatic heterocycles. The molecule has 2 aromatic heterocycles. The normalized spacial score (nSPS) is 17.2. The van der Waals surface area contributed by atoms with Crippen molar-refractivity contribution >= 4 is 15.7 Å². The number of pyridine rings is 1. The molecule has 1 N–H and O–H groups in total. The highest BCUT2D eigenvalue weighted by Crippen LogP contribution is 2.44. The van der Waals surface area contributed by atoms with E-state index in [4.69, 9.17) is 9.26 Å². The van der Waals surface area contributed by atoms with Crippen LogP contribution in [0.1, 0.15) is 60.4 Å². The number of hydrogen-bond acceptors (Lipinski definition) is 8. The van der Waals surface area contributed by atoms with Gasteiger partial charge in [0.25, 0.3) is 5.91 Å². The number of hydrogen-bond donors (Lipinski definition) is 1. The molecular weight excluding hydrogens is 415 g/mol. The van der Waals surface area contributed by atoms with Crippen molar-refractivity contribution in [3.8, 4) is 5.75 Å². The van der Waals surface area contributed by atoms with E-state index in [1.807, 2.05) is 0 Å². The van der Waals surface area contributed by atoms with Crippen molar-refractivity contribution in [1.29, 1.82) is 0 Å². The SMILES string of the molecule is Cc1nc([C@](C)(CS(C)(=O)=O)NC(=O)c2cc(O[C@H](C)CF)c(C3CC3)cn2)no1. The van der Waals surface area contributed by atoms with E-state index in [9.17, 15) is 17.6 Å². The van der Waals surface area contributed by atoms with Crippen LogP contribution >= 0.6 is 0 Å². The van der Waals surface area contributed by atoms with Gasteiger partial charge in [0.1, 0.15) is 39.6 Å². The lowest BCUT2D eigenvalue weighted by molar-refractivity contribution is 0.0902. The molecule has 1 fully saturated rings. The number of rotatable bonds is 9. The molecule has 164 valence electrons. The monoisotopic (exact) mass is 440 g/mol. The predicted octanol–water partition coefficient (Wildman–Crippen LogP) is 2.08. The van der Waals surface area contributed by atoms with E-state index in [0.29, 0.717) is 5.75 Å². The number of carbonyl (C=O) groups excluding carboxylic acids is 1. The molecule has 0 aromatic carbocycles. The Balaban J connectivity index is 1.91. The summed E-state index contributed by atoms with van der Waals surface area (Å²) < 4.78 is 47.5. The van der Waals surface area contributed by atoms with E-state index in [0.717, 1.165) is 24.7 Å². The summed E-state index contributed by atoms with van der Waals surface area (Å²) in [5, 5.41) is 6.44. The number of nitrogens with one attached hydrogen (secondary N) is 1. The maximum Gasteiger partial charge on any atom is 0.270 e. The summed E-state index contributed by atoms with van der Waals surface area (Å²) in [5.41, 5.74) is -0.591. The Bertz CT molecular complexity index is 1040. The lowest BCUT2D eigenvalue weighted by Crippen LogP contribution is -2.49. The molecule has 1 aliphatic rings. The minimum Gasteiger partial charge on any atom is -0.488 e. The Hall–Kier alpha value is -2.56. The molecule has 0 unspecified atom stereocenters. The Morgan fingerprint density at radius 1 is 1.47 bits per heavy atom. The van der Waals surface area contributed by atoms with Gasteiger partial charge in [-0.15, -0.1) is 0 Å². The minimum absolute atomic E-state index is 0.0143. The van der Waals surface area contributed by atoms with E-state index in [1.54, 1.807) is 20.0 Å². The first-order chi connectivity index (χ1) is 14.0. The fourth-order valence-corrected chi connectivity index (χ4v) is 4.39. The van der Waals surface area contributed by atoms with Crippen LogP contribution < -0.4 is 10.1 Å². The van der Waals surface area contributed by atoms with Gasteiger partial charge in [-0.25, -0.2) is 12.8 Å². The Labute approximate surface area is 174 Å². The second-order valence-corrected chi connectivity index (χ2v) is 10.1. The first-order valence-corrected chi connectivity index (χ1v) is 11.6. The van der Waals surface area contributed by atoms with Crippen LogP contribution in [0.15, 0.2) is 16.8 Å². The lowest BCUT2D eigenvalue weighted by atomic mass is 10.0. The molecule has 30 heavy (non-hydrogen) atoms. The van der Waals surface area contributed by atoms with E-state index >= 15 is 0 Å². The van der Waals surface area contributed by atoms with Gasteiger partial charge in [-0.2, -0.15) is 4.98 Å². The number of nitrogens with zero attached hydrogens (tertiary/aromatic N) is 3. The molecule has 0 saturated heterocycles. The largest absolute Gasteiger partial charge is 0.488 e. The van der Waals surface area contributed by atoms with Crippen molar-refractivity contribution < 1.29 is 26.9 Å². The fraction of sp³-hybridized carbons (Fsp3) is 0.579. The van der Waals surface area contributed by atoms with Crippen LogP contribution in [0.25, 0.3) is 0 Å². The zero-order valence-corrected chi connectivity index (χ0v) is 18.1. The number of alkyl halides is 1. The van der Waals surface area contributed by atoms with E-state index < -0.39 is 39.8 Å². The van der Waals surface area contributed by atoms with Crippen molar-refractivity contribution in [2.75, 3.05) is 18.7 Å². The summed E-state index contributed by atoms with van der Waals surface area (Å²) >= 11 is 0. The van der Waals surface area contributed by atoms with Gasteiger partial charge in [0.05, 0.1) is 5.75 Å². The third kappa shape index (κ3) is 5.32. The van der Waals surface area contributed by atoms with E-state index in [1.165, 1.54) is 13.0 Å². The fourth-order valence-electron chi connectivity index (χ4n) is 3.14. The highest BCUT2D eigenvalue weighted by Gasteiger charge is 2.38. The average molecular weight is 440 g/mol. The van der Waals surface area contributed by atoms with Gasteiger partial charge in [0, 0.05) is 31.0 Å². The molecule has 0 bridgehead atoms. The first kappa shape index (κ1) is 22.1. The molecular formula is C19H25FN4O5S. The summed E-state index contributed by atoms with van der Waals surface area (Å²) in [7, 11) is -3.51. The van der Waals surface area contributed by atoms with Crippen molar-refractivity contribution in [3.63, 3.8) is 0 Å². The van der Waals surface area contributed by atoms with Gasteiger partial charge < -0.3 is 14.6 Å². The third-order valence-electron chi connectivity index (χ3n) is 4.65. The topological polar surface area (TPSA) is 124 Å². The molecule has 3 rings (SSSR count). The molecule has 1 aliphatic carbocycles. The van der Waals surface area contributed by atoms with Crippen molar-refractivity contribution in [1.82, 2.24) is 20.4 Å². The van der Waals surface area contributed by atoms with Gasteiger partial charge in [0.15, 0.2) is 5.82 Å². The zero-order chi connectivity index (χ0) is 22.1. The molecule has 11 heteroatoms. The van der Waals surface area contributed by atoms with Crippen LogP contribution in [0.3, 0.4) is 0 Å². The molecule has 2 atom stereocenters. The first-order valence-electron chi connectivity index (χ1n) is 9.54. The second-order valence-electron chi connectivity index (χ2n) is 7.96. The molecule has 1 amide bonds. The molecule has 1 saturated carbocycles. The number of amides is 1. The summed E-state index contributed by atoms with van der Waals surface area (Å²) in [5.74, 6) is -0.105. The minimum atomic E-state index is -3.51. The number of aryl methyl sites for hydroxylation is 1. The van der Waals surface area contributed by atoms with Gasteiger partial charge in [-0.1, -0.05) is 5.16 Å². The van der Waals surface area contributed by atoms with Crippen LogP contribution in [0.5, 0.6) is 5.75 Å². The van der Waals surface area contributed by atoms with Crippen LogP contribution in [-0.2, 0) is 15.4 Å². The quantitative estimate of drug-likeness (QED) is 0.628. The summed E-state index contributed by atoms with van der Waals surface area (Å²) in [6.45, 7) is 3.99. The van der Waals surface area contributed by atoms with Gasteiger partial charge in [-0.3, -0.25) is 9.78 Å². The van der Waals surface area contributed by atoms with Crippen LogP contribution in [0, 0.1) is 6.92 Å². The molecule has 0 spiro atoms. The van der Waals surface area contributed by atoms with Gasteiger partial charge in [0.2, 0.25) is 5.89 Å². The number of aromatic nitrogens is 3. The summed E-state index contributed by atoms with van der Waals surface area (Å²) in [6.07, 6.45) is 3.91. The summed E-state index contributed by atoms with van der Waals surface area (Å²) in [6, 6.07) is 1.46. The standard InChI is InChI=1S/C19H25FN4O5S/c1-11(8-20)28-16-7-15(21-9-14(16)13-5-6-13)17(25)23-19(3,10-30(4,26)27)18-22-12(2)29-24-18/h7,9,11,13H,5-6,8,10H2,1-4H3,(H,23,25)/t11-,19+/m1/s1. The van der Waals surface area contributed by atoms with Crippen LogP contribution in [-0.4, -0.2) is 54.2 Å². The lowest BCUT2D eigenvalue weighted by Gasteiger charge is -2.26. The molecule has 2 aromatic rings. The zero-order valence-electron chi connectivity index (χ0n) is 17.3. The Kier molecular flexibility index (Phi) is 6.11. The maximum absolute atomic E-state index is 12.9. The third-order valence-corrected chi connectivity index (χ3v) is 5.75. The van der Waals surface area contributed by atoms with E-state index in [2.05, 4.69) is 20.4 Å².